The summed E-state index contributed by atoms with van der Waals surface area (Å²) in [5.41, 5.74) is 0.551. The third kappa shape index (κ3) is 7.21. The Labute approximate surface area is 213 Å². The van der Waals surface area contributed by atoms with E-state index in [1.54, 1.807) is 44.2 Å². The van der Waals surface area contributed by atoms with Crippen molar-refractivity contribution in [2.75, 3.05) is 0 Å². The Morgan fingerprint density at radius 3 is 1.95 bits per heavy atom. The van der Waals surface area contributed by atoms with Crippen LogP contribution in [0.2, 0.25) is 5.02 Å². The van der Waals surface area contributed by atoms with Crippen LogP contribution in [-0.4, -0.2) is 18.1 Å². The number of nitrogens with one attached hydrogen (secondary N) is 1. The van der Waals surface area contributed by atoms with E-state index in [9.17, 15) is 31.3 Å². The van der Waals surface area contributed by atoms with Crippen LogP contribution in [0.3, 0.4) is 0 Å². The topological polar surface area (TPSA) is 73.9 Å². The van der Waals surface area contributed by atoms with Crippen molar-refractivity contribution in [3.05, 3.63) is 94.3 Å². The van der Waals surface area contributed by atoms with Crippen molar-refractivity contribution >= 4 is 25.3 Å². The van der Waals surface area contributed by atoms with E-state index >= 15 is 0 Å². The fourth-order valence-corrected chi connectivity index (χ4v) is 4.67. The Balaban J connectivity index is 2.06. The van der Waals surface area contributed by atoms with Crippen LogP contribution in [0, 0.1) is 29.1 Å². The molecular weight excluding hydrogens is 544 g/mol. The molecule has 2 unspecified atom stereocenters. The van der Waals surface area contributed by atoms with E-state index in [1.807, 2.05) is 0 Å². The van der Waals surface area contributed by atoms with E-state index in [2.05, 4.69) is 5.09 Å². The lowest BCUT2D eigenvalue weighted by molar-refractivity contribution is -0.149. The zero-order chi connectivity index (χ0) is 27.3. The van der Waals surface area contributed by atoms with Gasteiger partial charge in [0.1, 0.15) is 11.8 Å². The van der Waals surface area contributed by atoms with Crippen LogP contribution in [-0.2, 0) is 20.5 Å². The summed E-state index contributed by atoms with van der Waals surface area (Å²) >= 11 is 5.82. The minimum Gasteiger partial charge on any atom is -0.462 e. The summed E-state index contributed by atoms with van der Waals surface area (Å²) < 4.78 is 98.9. The van der Waals surface area contributed by atoms with Gasteiger partial charge in [-0.2, -0.15) is 13.9 Å². The third-order valence-electron chi connectivity index (χ3n) is 4.65. The summed E-state index contributed by atoms with van der Waals surface area (Å²) in [4.78, 5) is 12.8. The highest BCUT2D eigenvalue weighted by molar-refractivity contribution is 7.52. The fraction of sp³-hybridized carbons (Fsp3) is 0.208. The third-order valence-corrected chi connectivity index (χ3v) is 6.41. The molecule has 3 aromatic carbocycles. The Kier molecular flexibility index (Phi) is 9.17. The van der Waals surface area contributed by atoms with E-state index < -0.39 is 60.7 Å². The van der Waals surface area contributed by atoms with E-state index in [-0.39, 0.29) is 17.2 Å². The number of esters is 1. The first kappa shape index (κ1) is 28.4. The van der Waals surface area contributed by atoms with E-state index in [0.29, 0.717) is 5.56 Å². The number of benzene rings is 3. The first-order valence-electron chi connectivity index (χ1n) is 10.7. The summed E-state index contributed by atoms with van der Waals surface area (Å²) in [6.45, 7) is 3.10. The Morgan fingerprint density at radius 2 is 1.41 bits per heavy atom. The van der Waals surface area contributed by atoms with Gasteiger partial charge in [-0.3, -0.25) is 4.79 Å². The molecule has 13 heteroatoms. The maximum absolute atomic E-state index is 14.4. The summed E-state index contributed by atoms with van der Waals surface area (Å²) in [6.07, 6.45) is -0.777. The number of carbonyl (C=O) groups excluding carboxylic acids is 1. The molecule has 0 radical (unpaired) electrons. The Morgan fingerprint density at radius 1 is 0.865 bits per heavy atom. The average Bonchev–Trinajstić information content (AvgIpc) is 2.85. The first-order valence-corrected chi connectivity index (χ1v) is 12.6. The van der Waals surface area contributed by atoms with Gasteiger partial charge in [0.25, 0.3) is 0 Å². The van der Waals surface area contributed by atoms with Crippen molar-refractivity contribution in [2.45, 2.75) is 32.4 Å². The molecule has 0 amide bonds. The van der Waals surface area contributed by atoms with Gasteiger partial charge in [0.15, 0.2) is 0 Å². The molecule has 0 aromatic heterocycles. The van der Waals surface area contributed by atoms with Gasteiger partial charge in [0.05, 0.1) is 6.10 Å². The predicted octanol–water partition coefficient (Wildman–Crippen LogP) is 6.75. The van der Waals surface area contributed by atoms with Crippen molar-refractivity contribution in [3.8, 4) is 11.5 Å². The van der Waals surface area contributed by atoms with Gasteiger partial charge in [0.2, 0.25) is 34.8 Å². The lowest BCUT2D eigenvalue weighted by Crippen LogP contribution is -2.41. The highest BCUT2D eigenvalue weighted by Crippen LogP contribution is 2.48. The van der Waals surface area contributed by atoms with E-state index in [0.717, 1.165) is 0 Å². The highest BCUT2D eigenvalue weighted by Gasteiger charge is 2.39. The van der Waals surface area contributed by atoms with Crippen molar-refractivity contribution < 1.29 is 45.1 Å². The molecule has 0 heterocycles. The molecule has 0 aliphatic rings. The second kappa shape index (κ2) is 11.9. The summed E-state index contributed by atoms with van der Waals surface area (Å²) in [5, 5.41) is 2.48. The lowest BCUT2D eigenvalue weighted by Gasteiger charge is -2.26. The van der Waals surface area contributed by atoms with Crippen LogP contribution in [0.15, 0.2) is 54.6 Å². The van der Waals surface area contributed by atoms with Crippen molar-refractivity contribution in [2.24, 2.45) is 0 Å². The summed E-state index contributed by atoms with van der Waals surface area (Å²) in [6, 6.07) is 11.8. The summed E-state index contributed by atoms with van der Waals surface area (Å²) in [5.74, 6) is -14.9. The van der Waals surface area contributed by atoms with Crippen molar-refractivity contribution in [3.63, 3.8) is 0 Å². The second-order valence-electron chi connectivity index (χ2n) is 7.89. The number of halogens is 6. The van der Waals surface area contributed by atoms with Crippen LogP contribution >= 0.6 is 19.3 Å². The molecule has 0 aliphatic carbocycles. The van der Waals surface area contributed by atoms with E-state index in [1.165, 1.54) is 24.3 Å². The van der Waals surface area contributed by atoms with Gasteiger partial charge in [-0.05, 0) is 50.1 Å². The molecule has 1 N–H and O–H groups in total. The molecule has 0 spiro atoms. The van der Waals surface area contributed by atoms with Gasteiger partial charge in [0, 0.05) is 5.02 Å². The normalized spacial score (nSPS) is 13.6. The zero-order valence-corrected chi connectivity index (χ0v) is 21.0. The number of carbonyl (C=O) groups is 1. The minimum atomic E-state index is -5.11. The number of rotatable bonds is 10. The molecule has 6 nitrogen and oxygen atoms in total. The van der Waals surface area contributed by atoms with Crippen molar-refractivity contribution in [1.82, 2.24) is 5.09 Å². The highest BCUT2D eigenvalue weighted by atomic mass is 35.5. The predicted molar refractivity (Wildman–Crippen MR) is 125 cm³/mol. The molecule has 0 saturated heterocycles. The smallest absolute Gasteiger partial charge is 0.462 e. The largest absolute Gasteiger partial charge is 0.513 e. The lowest BCUT2D eigenvalue weighted by atomic mass is 10.1. The zero-order valence-electron chi connectivity index (χ0n) is 19.3. The standard InChI is InChI=1S/C24H20ClF5NO5P/c1-13(2)34-24(32)17(12-14-6-4-3-5-7-14)31-37(33,35-16-10-8-15(25)9-11-16)36-23-21(29)19(27)18(26)20(28)22(23)30/h3-11,13,17H,12H2,1-2H3,(H,31,33). The van der Waals surface area contributed by atoms with Gasteiger partial charge >= 0.3 is 13.7 Å². The van der Waals surface area contributed by atoms with Gasteiger partial charge in [-0.1, -0.05) is 41.9 Å². The number of hydrogen-bond donors (Lipinski definition) is 1. The Hall–Kier alpha value is -3.14. The average molecular weight is 564 g/mol. The SMILES string of the molecule is CC(C)OC(=O)C(Cc1ccccc1)NP(=O)(Oc1ccc(Cl)cc1)Oc1c(F)c(F)c(F)c(F)c1F. The molecule has 3 rings (SSSR count). The van der Waals surface area contributed by atoms with Gasteiger partial charge in [-0.15, -0.1) is 0 Å². The molecule has 0 aliphatic heterocycles. The monoisotopic (exact) mass is 563 g/mol. The molecule has 3 aromatic rings. The second-order valence-corrected chi connectivity index (χ2v) is 9.94. The molecule has 0 saturated carbocycles. The van der Waals surface area contributed by atoms with Gasteiger partial charge < -0.3 is 13.8 Å². The van der Waals surface area contributed by atoms with Gasteiger partial charge in [-0.25, -0.2) is 17.7 Å². The van der Waals surface area contributed by atoms with Crippen LogP contribution in [0.4, 0.5) is 22.0 Å². The number of ether oxygens (including phenoxy) is 1. The summed E-state index contributed by atoms with van der Waals surface area (Å²) in [7, 11) is -5.11. The molecule has 0 bridgehead atoms. The van der Waals surface area contributed by atoms with Crippen molar-refractivity contribution in [1.29, 1.82) is 0 Å². The quantitative estimate of drug-likeness (QED) is 0.0967. The maximum Gasteiger partial charge on any atom is 0.513 e. The van der Waals surface area contributed by atoms with Crippen LogP contribution in [0.5, 0.6) is 11.5 Å². The van der Waals surface area contributed by atoms with Crippen LogP contribution < -0.4 is 14.1 Å². The first-order chi connectivity index (χ1) is 17.4. The fourth-order valence-electron chi connectivity index (χ4n) is 3.03. The maximum atomic E-state index is 14.4. The molecular formula is C24H20ClF5NO5P. The molecule has 198 valence electrons. The molecule has 0 fully saturated rings. The van der Waals surface area contributed by atoms with Crippen LogP contribution in [0.1, 0.15) is 19.4 Å². The molecule has 37 heavy (non-hydrogen) atoms. The number of hydrogen-bond acceptors (Lipinski definition) is 5. The van der Waals surface area contributed by atoms with Crippen LogP contribution in [0.25, 0.3) is 0 Å². The Bertz CT molecular complexity index is 1280. The minimum absolute atomic E-state index is 0.166. The van der Waals surface area contributed by atoms with E-state index in [4.69, 9.17) is 25.4 Å². The molecule has 2 atom stereocenters.